The predicted octanol–water partition coefficient (Wildman–Crippen LogP) is 3.67. The number of pyridine rings is 1. The number of anilines is 2. The maximum absolute atomic E-state index is 5.86. The van der Waals surface area contributed by atoms with Gasteiger partial charge in [-0.3, -0.25) is 0 Å². The molecule has 0 unspecified atom stereocenters. The number of hydrogen-bond donors (Lipinski definition) is 1. The molecule has 18 heavy (non-hydrogen) atoms. The van der Waals surface area contributed by atoms with Crippen LogP contribution in [-0.4, -0.2) is 18.7 Å². The SMILES string of the molecule is COCCc1ccccc1Nc1ccnc(Cl)c1. The van der Waals surface area contributed by atoms with Crippen molar-refractivity contribution in [2.24, 2.45) is 0 Å². The van der Waals surface area contributed by atoms with Crippen LogP contribution in [0.4, 0.5) is 11.4 Å². The van der Waals surface area contributed by atoms with Crippen molar-refractivity contribution in [1.29, 1.82) is 0 Å². The number of aromatic nitrogens is 1. The Morgan fingerprint density at radius 3 is 2.89 bits per heavy atom. The van der Waals surface area contributed by atoms with Crippen molar-refractivity contribution in [1.82, 2.24) is 4.98 Å². The number of methoxy groups -OCH3 is 1. The molecule has 1 aromatic heterocycles. The van der Waals surface area contributed by atoms with Gasteiger partial charge in [-0.05, 0) is 30.2 Å². The molecule has 0 saturated carbocycles. The average molecular weight is 263 g/mol. The third kappa shape index (κ3) is 3.45. The van der Waals surface area contributed by atoms with Crippen molar-refractivity contribution in [3.05, 3.63) is 53.3 Å². The standard InChI is InChI=1S/C14H15ClN2O/c1-18-9-7-11-4-2-3-5-13(11)17-12-6-8-16-14(15)10-12/h2-6,8,10H,7,9H2,1H3,(H,16,17). The highest BCUT2D eigenvalue weighted by molar-refractivity contribution is 6.29. The van der Waals surface area contributed by atoms with E-state index < -0.39 is 0 Å². The number of nitrogens with zero attached hydrogens (tertiary/aromatic N) is 1. The minimum atomic E-state index is 0.481. The van der Waals surface area contributed by atoms with Gasteiger partial charge >= 0.3 is 0 Å². The Labute approximate surface area is 112 Å². The van der Waals surface area contributed by atoms with Gasteiger partial charge in [-0.25, -0.2) is 4.98 Å². The van der Waals surface area contributed by atoms with Crippen molar-refractivity contribution >= 4 is 23.0 Å². The lowest BCUT2D eigenvalue weighted by Crippen LogP contribution is -2.00. The van der Waals surface area contributed by atoms with Crippen molar-refractivity contribution in [3.8, 4) is 0 Å². The summed E-state index contributed by atoms with van der Waals surface area (Å²) in [7, 11) is 1.71. The molecule has 4 heteroatoms. The summed E-state index contributed by atoms with van der Waals surface area (Å²) in [4.78, 5) is 3.96. The molecule has 0 aliphatic heterocycles. The number of nitrogens with one attached hydrogen (secondary N) is 1. The van der Waals surface area contributed by atoms with E-state index in [-0.39, 0.29) is 0 Å². The van der Waals surface area contributed by atoms with Crippen molar-refractivity contribution < 1.29 is 4.74 Å². The molecule has 0 fully saturated rings. The molecule has 1 aromatic carbocycles. The van der Waals surface area contributed by atoms with Crippen molar-refractivity contribution in [2.75, 3.05) is 19.0 Å². The molecule has 94 valence electrons. The van der Waals surface area contributed by atoms with Crippen LogP contribution in [-0.2, 0) is 11.2 Å². The smallest absolute Gasteiger partial charge is 0.131 e. The number of rotatable bonds is 5. The van der Waals surface area contributed by atoms with Crippen LogP contribution in [0.3, 0.4) is 0 Å². The molecule has 0 amide bonds. The van der Waals surface area contributed by atoms with E-state index in [0.717, 1.165) is 17.8 Å². The molecule has 0 atom stereocenters. The Balaban J connectivity index is 2.17. The second-order valence-corrected chi connectivity index (χ2v) is 4.28. The molecule has 3 nitrogen and oxygen atoms in total. The second kappa shape index (κ2) is 6.38. The zero-order chi connectivity index (χ0) is 12.8. The van der Waals surface area contributed by atoms with Crippen molar-refractivity contribution in [3.63, 3.8) is 0 Å². The van der Waals surface area contributed by atoms with Crippen LogP contribution < -0.4 is 5.32 Å². The molecule has 0 spiro atoms. The van der Waals surface area contributed by atoms with E-state index in [1.165, 1.54) is 5.56 Å². The largest absolute Gasteiger partial charge is 0.384 e. The van der Waals surface area contributed by atoms with Crippen LogP contribution >= 0.6 is 11.6 Å². The van der Waals surface area contributed by atoms with E-state index in [4.69, 9.17) is 16.3 Å². The first kappa shape index (κ1) is 12.9. The molecule has 0 saturated heterocycles. The van der Waals surface area contributed by atoms with Crippen molar-refractivity contribution in [2.45, 2.75) is 6.42 Å². The van der Waals surface area contributed by atoms with E-state index in [1.807, 2.05) is 24.3 Å². The van der Waals surface area contributed by atoms with Crippen LogP contribution in [0.5, 0.6) is 0 Å². The average Bonchev–Trinajstić information content (AvgIpc) is 2.38. The lowest BCUT2D eigenvalue weighted by molar-refractivity contribution is 0.202. The fourth-order valence-corrected chi connectivity index (χ4v) is 1.88. The topological polar surface area (TPSA) is 34.1 Å². The maximum Gasteiger partial charge on any atom is 0.131 e. The lowest BCUT2D eigenvalue weighted by Gasteiger charge is -2.11. The summed E-state index contributed by atoms with van der Waals surface area (Å²) in [5.41, 5.74) is 3.21. The second-order valence-electron chi connectivity index (χ2n) is 3.89. The quantitative estimate of drug-likeness (QED) is 0.835. The van der Waals surface area contributed by atoms with E-state index >= 15 is 0 Å². The van der Waals surface area contributed by atoms with Crippen LogP contribution in [0.1, 0.15) is 5.56 Å². The van der Waals surface area contributed by atoms with E-state index in [1.54, 1.807) is 19.4 Å². The fourth-order valence-electron chi connectivity index (χ4n) is 1.71. The van der Waals surface area contributed by atoms with Gasteiger partial charge in [0.1, 0.15) is 5.15 Å². The highest BCUT2D eigenvalue weighted by Gasteiger charge is 2.02. The Morgan fingerprint density at radius 1 is 1.28 bits per heavy atom. The predicted molar refractivity (Wildman–Crippen MR) is 74.6 cm³/mol. The number of halogens is 1. The first-order valence-electron chi connectivity index (χ1n) is 5.75. The number of para-hydroxylation sites is 1. The van der Waals surface area contributed by atoms with Gasteiger partial charge in [0.15, 0.2) is 0 Å². The monoisotopic (exact) mass is 262 g/mol. The third-order valence-corrected chi connectivity index (χ3v) is 2.81. The van der Waals surface area contributed by atoms with Gasteiger partial charge in [-0.1, -0.05) is 29.8 Å². The summed E-state index contributed by atoms with van der Waals surface area (Å²) in [5, 5.41) is 3.82. The molecular weight excluding hydrogens is 248 g/mol. The van der Waals surface area contributed by atoms with Gasteiger partial charge < -0.3 is 10.1 Å². The van der Waals surface area contributed by atoms with Crippen LogP contribution in [0.15, 0.2) is 42.6 Å². The highest BCUT2D eigenvalue weighted by Crippen LogP contribution is 2.22. The van der Waals surface area contributed by atoms with Gasteiger partial charge in [0.25, 0.3) is 0 Å². The van der Waals surface area contributed by atoms with Gasteiger partial charge in [0.2, 0.25) is 0 Å². The molecule has 0 radical (unpaired) electrons. The number of hydrogen-bond acceptors (Lipinski definition) is 3. The van der Waals surface area contributed by atoms with Gasteiger partial charge in [0.05, 0.1) is 6.61 Å². The van der Waals surface area contributed by atoms with Gasteiger partial charge in [0, 0.05) is 24.7 Å². The molecule has 0 bridgehead atoms. The molecular formula is C14H15ClN2O. The number of ether oxygens (including phenoxy) is 1. The molecule has 1 heterocycles. The fraction of sp³-hybridized carbons (Fsp3) is 0.214. The summed E-state index contributed by atoms with van der Waals surface area (Å²) in [6, 6.07) is 11.8. The Bertz CT molecular complexity index is 517. The minimum Gasteiger partial charge on any atom is -0.384 e. The van der Waals surface area contributed by atoms with E-state index in [9.17, 15) is 0 Å². The molecule has 2 aromatic rings. The zero-order valence-corrected chi connectivity index (χ0v) is 10.9. The summed E-state index contributed by atoms with van der Waals surface area (Å²) < 4.78 is 5.11. The highest BCUT2D eigenvalue weighted by atomic mass is 35.5. The minimum absolute atomic E-state index is 0.481. The Morgan fingerprint density at radius 2 is 2.11 bits per heavy atom. The lowest BCUT2D eigenvalue weighted by atomic mass is 10.1. The van der Waals surface area contributed by atoms with Gasteiger partial charge in [-0.2, -0.15) is 0 Å². The summed E-state index contributed by atoms with van der Waals surface area (Å²) in [6.07, 6.45) is 2.56. The van der Waals surface area contributed by atoms with Crippen LogP contribution in [0.2, 0.25) is 5.15 Å². The first-order valence-corrected chi connectivity index (χ1v) is 6.13. The molecule has 0 aliphatic rings. The Hall–Kier alpha value is -1.58. The summed E-state index contributed by atoms with van der Waals surface area (Å²) >= 11 is 5.86. The van der Waals surface area contributed by atoms with E-state index in [2.05, 4.69) is 16.4 Å². The maximum atomic E-state index is 5.86. The normalized spacial score (nSPS) is 10.3. The molecule has 1 N–H and O–H groups in total. The molecule has 0 aliphatic carbocycles. The summed E-state index contributed by atoms with van der Waals surface area (Å²) in [5.74, 6) is 0. The summed E-state index contributed by atoms with van der Waals surface area (Å²) in [6.45, 7) is 0.704. The zero-order valence-electron chi connectivity index (χ0n) is 10.2. The van der Waals surface area contributed by atoms with E-state index in [0.29, 0.717) is 11.8 Å². The van der Waals surface area contributed by atoms with Crippen LogP contribution in [0.25, 0.3) is 0 Å². The third-order valence-electron chi connectivity index (χ3n) is 2.60. The first-order chi connectivity index (χ1) is 8.79. The molecule has 2 rings (SSSR count). The number of benzene rings is 1. The van der Waals surface area contributed by atoms with Crippen LogP contribution in [0, 0.1) is 0 Å². The van der Waals surface area contributed by atoms with Gasteiger partial charge in [-0.15, -0.1) is 0 Å². The Kier molecular flexibility index (Phi) is 4.56.